The van der Waals surface area contributed by atoms with Gasteiger partial charge in [0.15, 0.2) is 0 Å². The molecule has 0 unspecified atom stereocenters. The van der Waals surface area contributed by atoms with Crippen LogP contribution in [0.4, 0.5) is 14.5 Å². The lowest BCUT2D eigenvalue weighted by molar-refractivity contribution is -0.0501. The fraction of sp³-hybridized carbons (Fsp3) is 0.235. The van der Waals surface area contributed by atoms with Crippen LogP contribution in [-0.2, 0) is 0 Å². The van der Waals surface area contributed by atoms with E-state index in [9.17, 15) is 13.6 Å². The van der Waals surface area contributed by atoms with E-state index in [1.54, 1.807) is 12.1 Å². The van der Waals surface area contributed by atoms with Gasteiger partial charge in [-0.15, -0.1) is 0 Å². The number of anilines is 1. The maximum atomic E-state index is 12.4. The Morgan fingerprint density at radius 3 is 2.36 bits per heavy atom. The molecule has 0 bridgehead atoms. The van der Waals surface area contributed by atoms with Gasteiger partial charge in [0, 0.05) is 5.69 Å². The van der Waals surface area contributed by atoms with Crippen molar-refractivity contribution in [1.82, 2.24) is 0 Å². The van der Waals surface area contributed by atoms with Gasteiger partial charge in [0.2, 0.25) is 0 Å². The average Bonchev–Trinajstić information content (AvgIpc) is 2.47. The summed E-state index contributed by atoms with van der Waals surface area (Å²) in [6, 6.07) is 13.3. The first kappa shape index (κ1) is 15.9. The molecule has 22 heavy (non-hydrogen) atoms. The summed E-state index contributed by atoms with van der Waals surface area (Å²) >= 11 is 0. The fourth-order valence-corrected chi connectivity index (χ4v) is 2.16. The minimum Gasteiger partial charge on any atom is -0.434 e. The maximum absolute atomic E-state index is 12.4. The first-order valence-corrected chi connectivity index (χ1v) is 6.93. The van der Waals surface area contributed by atoms with Crippen LogP contribution in [0, 0.1) is 0 Å². The number of hydrogen-bond donors (Lipinski definition) is 1. The van der Waals surface area contributed by atoms with Crippen molar-refractivity contribution in [3.63, 3.8) is 0 Å². The molecule has 3 nitrogen and oxygen atoms in total. The number of carbonyl (C=O) groups is 1. The number of rotatable bonds is 5. The smallest absolute Gasteiger partial charge is 0.387 e. The fourth-order valence-electron chi connectivity index (χ4n) is 2.16. The van der Waals surface area contributed by atoms with E-state index < -0.39 is 12.5 Å². The highest BCUT2D eigenvalue weighted by Crippen LogP contribution is 2.26. The van der Waals surface area contributed by atoms with E-state index in [0.29, 0.717) is 5.69 Å². The van der Waals surface area contributed by atoms with Gasteiger partial charge >= 0.3 is 6.61 Å². The molecule has 2 rings (SSSR count). The second-order valence-electron chi connectivity index (χ2n) is 5.07. The van der Waals surface area contributed by atoms with Gasteiger partial charge in [0.1, 0.15) is 5.75 Å². The van der Waals surface area contributed by atoms with E-state index in [4.69, 9.17) is 0 Å². The van der Waals surface area contributed by atoms with E-state index in [1.165, 1.54) is 18.2 Å². The standard InChI is InChI=1S/C17H17F2NO2/c1-11(2)12-7-3-5-9-14(12)20-16(21)13-8-4-6-10-15(13)22-17(18)19/h3-11,17H,1-2H3,(H,20,21). The Balaban J connectivity index is 2.27. The van der Waals surface area contributed by atoms with Crippen LogP contribution in [0.15, 0.2) is 48.5 Å². The first-order valence-electron chi connectivity index (χ1n) is 6.93. The lowest BCUT2D eigenvalue weighted by atomic mass is 10.0. The molecular formula is C17H17F2NO2. The number of nitrogens with one attached hydrogen (secondary N) is 1. The molecule has 1 N–H and O–H groups in total. The van der Waals surface area contributed by atoms with Crippen LogP contribution < -0.4 is 10.1 Å². The van der Waals surface area contributed by atoms with E-state index in [0.717, 1.165) is 5.56 Å². The quantitative estimate of drug-likeness (QED) is 0.872. The molecule has 0 saturated carbocycles. The first-order chi connectivity index (χ1) is 10.5. The largest absolute Gasteiger partial charge is 0.434 e. The topological polar surface area (TPSA) is 38.3 Å². The summed E-state index contributed by atoms with van der Waals surface area (Å²) in [7, 11) is 0. The molecule has 0 spiro atoms. The summed E-state index contributed by atoms with van der Waals surface area (Å²) in [5.74, 6) is -0.398. The van der Waals surface area contributed by atoms with Gasteiger partial charge in [-0.1, -0.05) is 44.2 Å². The van der Waals surface area contributed by atoms with Crippen molar-refractivity contribution >= 4 is 11.6 Å². The Labute approximate surface area is 127 Å². The molecule has 0 radical (unpaired) electrons. The molecule has 2 aromatic rings. The zero-order valence-electron chi connectivity index (χ0n) is 12.3. The number of alkyl halides is 2. The molecule has 0 fully saturated rings. The van der Waals surface area contributed by atoms with Crippen LogP contribution in [0.2, 0.25) is 0 Å². The minimum absolute atomic E-state index is 0.0707. The number of halogens is 2. The number of para-hydroxylation sites is 2. The monoisotopic (exact) mass is 305 g/mol. The van der Waals surface area contributed by atoms with Gasteiger partial charge in [-0.25, -0.2) is 0 Å². The summed E-state index contributed by atoms with van der Waals surface area (Å²) in [6.07, 6.45) is 0. The predicted octanol–water partition coefficient (Wildman–Crippen LogP) is 4.66. The van der Waals surface area contributed by atoms with Gasteiger partial charge in [-0.2, -0.15) is 8.78 Å². The summed E-state index contributed by atoms with van der Waals surface area (Å²) in [5.41, 5.74) is 1.71. The van der Waals surface area contributed by atoms with E-state index in [1.807, 2.05) is 32.0 Å². The van der Waals surface area contributed by atoms with Crippen LogP contribution in [0.1, 0.15) is 35.7 Å². The zero-order chi connectivity index (χ0) is 16.1. The Hall–Kier alpha value is -2.43. The van der Waals surface area contributed by atoms with E-state index in [-0.39, 0.29) is 17.2 Å². The van der Waals surface area contributed by atoms with Gasteiger partial charge < -0.3 is 10.1 Å². The summed E-state index contributed by atoms with van der Waals surface area (Å²) in [6.45, 7) is 1.05. The average molecular weight is 305 g/mol. The third-order valence-corrected chi connectivity index (χ3v) is 3.18. The molecule has 0 atom stereocenters. The second kappa shape index (κ2) is 7.02. The molecule has 0 aliphatic heterocycles. The third-order valence-electron chi connectivity index (χ3n) is 3.18. The van der Waals surface area contributed by atoms with Crippen LogP contribution in [0.5, 0.6) is 5.75 Å². The van der Waals surface area contributed by atoms with Crippen LogP contribution in [0.3, 0.4) is 0 Å². The van der Waals surface area contributed by atoms with Crippen LogP contribution >= 0.6 is 0 Å². The zero-order valence-corrected chi connectivity index (χ0v) is 12.3. The number of hydrogen-bond acceptors (Lipinski definition) is 2. The third kappa shape index (κ3) is 3.81. The summed E-state index contributed by atoms with van der Waals surface area (Å²) in [5, 5.41) is 2.76. The molecule has 0 aliphatic rings. The van der Waals surface area contributed by atoms with Crippen molar-refractivity contribution in [3.05, 3.63) is 59.7 Å². The molecule has 0 heterocycles. The Morgan fingerprint density at radius 2 is 1.68 bits per heavy atom. The van der Waals surface area contributed by atoms with Crippen molar-refractivity contribution in [2.75, 3.05) is 5.32 Å². The Bertz CT molecular complexity index is 657. The van der Waals surface area contributed by atoms with Gasteiger partial charge in [0.25, 0.3) is 5.91 Å². The number of amides is 1. The van der Waals surface area contributed by atoms with Gasteiger partial charge in [-0.3, -0.25) is 4.79 Å². The maximum Gasteiger partial charge on any atom is 0.387 e. The van der Waals surface area contributed by atoms with Crippen molar-refractivity contribution in [2.45, 2.75) is 26.4 Å². The number of carbonyl (C=O) groups excluding carboxylic acids is 1. The van der Waals surface area contributed by atoms with Crippen molar-refractivity contribution < 1.29 is 18.3 Å². The highest BCUT2D eigenvalue weighted by atomic mass is 19.3. The predicted molar refractivity (Wildman–Crippen MR) is 81.6 cm³/mol. The molecule has 5 heteroatoms. The van der Waals surface area contributed by atoms with Crippen LogP contribution in [0.25, 0.3) is 0 Å². The summed E-state index contributed by atoms with van der Waals surface area (Å²) < 4.78 is 29.2. The van der Waals surface area contributed by atoms with E-state index >= 15 is 0 Å². The molecule has 0 saturated heterocycles. The Kier molecular flexibility index (Phi) is 5.09. The molecule has 2 aromatic carbocycles. The molecule has 0 aliphatic carbocycles. The lowest BCUT2D eigenvalue weighted by Crippen LogP contribution is -2.16. The molecule has 1 amide bonds. The van der Waals surface area contributed by atoms with Crippen molar-refractivity contribution in [2.24, 2.45) is 0 Å². The Morgan fingerprint density at radius 1 is 1.05 bits per heavy atom. The van der Waals surface area contributed by atoms with Gasteiger partial charge in [0.05, 0.1) is 5.56 Å². The molecule has 116 valence electrons. The van der Waals surface area contributed by atoms with Crippen LogP contribution in [-0.4, -0.2) is 12.5 Å². The normalized spacial score (nSPS) is 10.8. The number of benzene rings is 2. The lowest BCUT2D eigenvalue weighted by Gasteiger charge is -2.15. The summed E-state index contributed by atoms with van der Waals surface area (Å²) in [4.78, 5) is 12.4. The van der Waals surface area contributed by atoms with E-state index in [2.05, 4.69) is 10.1 Å². The number of ether oxygens (including phenoxy) is 1. The second-order valence-corrected chi connectivity index (χ2v) is 5.07. The van der Waals surface area contributed by atoms with Crippen molar-refractivity contribution in [3.8, 4) is 5.75 Å². The minimum atomic E-state index is -2.98. The molecule has 0 aromatic heterocycles. The highest BCUT2D eigenvalue weighted by molar-refractivity contribution is 6.06. The van der Waals surface area contributed by atoms with Gasteiger partial charge in [-0.05, 0) is 29.7 Å². The SMILES string of the molecule is CC(C)c1ccccc1NC(=O)c1ccccc1OC(F)F. The van der Waals surface area contributed by atoms with Crippen molar-refractivity contribution in [1.29, 1.82) is 0 Å². The molecular weight excluding hydrogens is 288 g/mol. The highest BCUT2D eigenvalue weighted by Gasteiger charge is 2.16.